The number of amides is 1. The van der Waals surface area contributed by atoms with E-state index in [9.17, 15) is 9.90 Å². The number of carbonyl (C=O) groups is 1. The summed E-state index contributed by atoms with van der Waals surface area (Å²) in [6, 6.07) is 16.0. The molecule has 3 heterocycles. The normalized spacial score (nSPS) is 23.3. The number of fused-ring (bicyclic) bond motifs is 1. The maximum absolute atomic E-state index is 12.6. The average Bonchev–Trinajstić information content (AvgIpc) is 3.43. The van der Waals surface area contributed by atoms with E-state index in [2.05, 4.69) is 51.0 Å². The fraction of sp³-hybridized carbons (Fsp3) is 0.370. The van der Waals surface area contributed by atoms with E-state index in [0.717, 1.165) is 31.4 Å². The van der Waals surface area contributed by atoms with Crippen LogP contribution in [0.15, 0.2) is 67.3 Å². The number of imidazole rings is 1. The van der Waals surface area contributed by atoms with Crippen molar-refractivity contribution in [2.75, 3.05) is 5.32 Å². The summed E-state index contributed by atoms with van der Waals surface area (Å²) in [6.07, 6.45) is 9.00. The van der Waals surface area contributed by atoms with Gasteiger partial charge in [0.1, 0.15) is 5.82 Å². The van der Waals surface area contributed by atoms with Gasteiger partial charge in [0.15, 0.2) is 0 Å². The van der Waals surface area contributed by atoms with Crippen LogP contribution in [0.5, 0.6) is 0 Å². The van der Waals surface area contributed by atoms with Gasteiger partial charge in [-0.15, -0.1) is 0 Å². The third-order valence-corrected chi connectivity index (χ3v) is 7.28. The smallest absolute Gasteiger partial charge is 0.228 e. The first-order chi connectivity index (χ1) is 16.1. The number of anilines is 1. The van der Waals surface area contributed by atoms with Crippen LogP contribution < -0.4 is 5.32 Å². The molecule has 170 valence electrons. The quantitative estimate of drug-likeness (QED) is 0.565. The second kappa shape index (κ2) is 9.32. The highest BCUT2D eigenvalue weighted by molar-refractivity contribution is 5.94. The molecular formula is C27H30N4O2. The Morgan fingerprint density at radius 2 is 1.88 bits per heavy atom. The number of pyridine rings is 1. The summed E-state index contributed by atoms with van der Waals surface area (Å²) in [5.41, 5.74) is 4.83. The van der Waals surface area contributed by atoms with Gasteiger partial charge in [0, 0.05) is 12.1 Å². The zero-order chi connectivity index (χ0) is 22.8. The van der Waals surface area contributed by atoms with E-state index in [1.807, 2.05) is 30.7 Å². The Balaban J connectivity index is 1.24. The van der Waals surface area contributed by atoms with Crippen LogP contribution in [0.1, 0.15) is 56.3 Å². The van der Waals surface area contributed by atoms with E-state index in [1.54, 1.807) is 12.3 Å². The van der Waals surface area contributed by atoms with Gasteiger partial charge in [-0.25, -0.2) is 9.97 Å². The van der Waals surface area contributed by atoms with Crippen molar-refractivity contribution in [1.82, 2.24) is 14.5 Å². The Hall–Kier alpha value is -3.25. The standard InChI is InChI=1S/C27H30N4O2/c1-18-23-16-28-17-31(23)22(26(18)20-7-3-2-4-8-20)15-24(32)19-10-12-21(13-11-19)27(33)30-25-9-5-6-14-29-25/h2-9,14,16-17,19,21-22,24,32H,10-13,15H2,1H3,(H,29,30,33)/t19?,21?,22?,24-/m0/s1. The maximum Gasteiger partial charge on any atom is 0.228 e. The van der Waals surface area contributed by atoms with E-state index in [4.69, 9.17) is 0 Å². The molecule has 1 saturated carbocycles. The number of aliphatic hydroxyl groups excluding tert-OH is 1. The van der Waals surface area contributed by atoms with Crippen molar-refractivity contribution in [2.24, 2.45) is 11.8 Å². The average molecular weight is 443 g/mol. The van der Waals surface area contributed by atoms with Crippen molar-refractivity contribution in [3.63, 3.8) is 0 Å². The molecule has 0 bridgehead atoms. The SMILES string of the molecule is CC1=C(c2ccccc2)C(C[C@H](O)C2CCC(C(=O)Nc3ccccn3)CC2)n2cncc21. The van der Waals surface area contributed by atoms with Gasteiger partial charge in [-0.05, 0) is 73.8 Å². The van der Waals surface area contributed by atoms with Crippen molar-refractivity contribution in [1.29, 1.82) is 0 Å². The Labute approximate surface area is 194 Å². The summed E-state index contributed by atoms with van der Waals surface area (Å²) in [5.74, 6) is 0.807. The maximum atomic E-state index is 12.6. The van der Waals surface area contributed by atoms with Gasteiger partial charge in [-0.3, -0.25) is 4.79 Å². The third-order valence-electron chi connectivity index (χ3n) is 7.28. The van der Waals surface area contributed by atoms with Crippen LogP contribution in [0.3, 0.4) is 0 Å². The highest BCUT2D eigenvalue weighted by Gasteiger charge is 2.35. The Morgan fingerprint density at radius 1 is 1.12 bits per heavy atom. The molecule has 0 radical (unpaired) electrons. The molecule has 5 rings (SSSR count). The van der Waals surface area contributed by atoms with Crippen LogP contribution >= 0.6 is 0 Å². The summed E-state index contributed by atoms with van der Waals surface area (Å²) in [6.45, 7) is 2.15. The fourth-order valence-electron chi connectivity index (χ4n) is 5.48. The lowest BCUT2D eigenvalue weighted by atomic mass is 9.77. The molecule has 33 heavy (non-hydrogen) atoms. The molecule has 1 aliphatic heterocycles. The second-order valence-electron chi connectivity index (χ2n) is 9.23. The van der Waals surface area contributed by atoms with Crippen LogP contribution in [0.25, 0.3) is 11.1 Å². The van der Waals surface area contributed by atoms with Gasteiger partial charge in [-0.2, -0.15) is 0 Å². The number of hydrogen-bond donors (Lipinski definition) is 2. The third kappa shape index (κ3) is 4.35. The molecule has 6 nitrogen and oxygen atoms in total. The van der Waals surface area contributed by atoms with Gasteiger partial charge in [0.2, 0.25) is 5.91 Å². The number of benzene rings is 1. The summed E-state index contributed by atoms with van der Waals surface area (Å²) in [7, 11) is 0. The fourth-order valence-corrected chi connectivity index (χ4v) is 5.48. The first-order valence-corrected chi connectivity index (χ1v) is 11.8. The van der Waals surface area contributed by atoms with Gasteiger partial charge in [0.25, 0.3) is 0 Å². The minimum Gasteiger partial charge on any atom is -0.393 e. The van der Waals surface area contributed by atoms with Gasteiger partial charge < -0.3 is 15.0 Å². The largest absolute Gasteiger partial charge is 0.393 e. The molecule has 1 unspecified atom stereocenters. The molecule has 1 amide bonds. The van der Waals surface area contributed by atoms with Crippen molar-refractivity contribution < 1.29 is 9.90 Å². The van der Waals surface area contributed by atoms with Gasteiger partial charge in [-0.1, -0.05) is 36.4 Å². The van der Waals surface area contributed by atoms with Crippen LogP contribution in [0, 0.1) is 11.8 Å². The number of aromatic nitrogens is 3. The molecule has 6 heteroatoms. The highest BCUT2D eigenvalue weighted by Crippen LogP contribution is 2.45. The molecule has 1 fully saturated rings. The minimum atomic E-state index is -0.422. The monoisotopic (exact) mass is 442 g/mol. The zero-order valence-electron chi connectivity index (χ0n) is 18.9. The van der Waals surface area contributed by atoms with Gasteiger partial charge in [0.05, 0.1) is 30.4 Å². The minimum absolute atomic E-state index is 0.0239. The second-order valence-corrected chi connectivity index (χ2v) is 9.23. The number of nitrogens with one attached hydrogen (secondary N) is 1. The molecule has 1 aromatic carbocycles. The number of allylic oxidation sites excluding steroid dienone is 2. The molecule has 0 saturated heterocycles. The summed E-state index contributed by atoms with van der Waals surface area (Å²) in [4.78, 5) is 21.2. The highest BCUT2D eigenvalue weighted by atomic mass is 16.3. The van der Waals surface area contributed by atoms with Crippen molar-refractivity contribution >= 4 is 22.9 Å². The van der Waals surface area contributed by atoms with E-state index in [-0.39, 0.29) is 23.8 Å². The lowest BCUT2D eigenvalue weighted by Crippen LogP contribution is -2.32. The van der Waals surface area contributed by atoms with Crippen LogP contribution in [-0.2, 0) is 4.79 Å². The molecule has 2 N–H and O–H groups in total. The van der Waals surface area contributed by atoms with Crippen LogP contribution in [-0.4, -0.2) is 31.7 Å². The van der Waals surface area contributed by atoms with E-state index in [0.29, 0.717) is 12.2 Å². The molecule has 2 aromatic heterocycles. The van der Waals surface area contributed by atoms with Crippen molar-refractivity contribution in [2.45, 2.75) is 51.2 Å². The Bertz CT molecular complexity index is 1130. The van der Waals surface area contributed by atoms with E-state index in [1.165, 1.54) is 16.7 Å². The summed E-state index contributed by atoms with van der Waals surface area (Å²) >= 11 is 0. The molecule has 2 atom stereocenters. The number of rotatable bonds is 6. The first-order valence-electron chi connectivity index (χ1n) is 11.8. The molecule has 1 aliphatic carbocycles. The number of hydrogen-bond acceptors (Lipinski definition) is 4. The molecular weight excluding hydrogens is 412 g/mol. The molecule has 0 spiro atoms. The predicted octanol–water partition coefficient (Wildman–Crippen LogP) is 4.96. The lowest BCUT2D eigenvalue weighted by Gasteiger charge is -2.32. The molecule has 3 aromatic rings. The Morgan fingerprint density at radius 3 is 2.61 bits per heavy atom. The number of nitrogens with zero attached hydrogens (tertiary/aromatic N) is 3. The van der Waals surface area contributed by atoms with E-state index < -0.39 is 6.10 Å². The van der Waals surface area contributed by atoms with Crippen molar-refractivity contribution in [3.05, 3.63) is 78.5 Å². The van der Waals surface area contributed by atoms with Crippen LogP contribution in [0.4, 0.5) is 5.82 Å². The summed E-state index contributed by atoms with van der Waals surface area (Å²) < 4.78 is 2.20. The van der Waals surface area contributed by atoms with Crippen LogP contribution in [0.2, 0.25) is 0 Å². The topological polar surface area (TPSA) is 80.0 Å². The predicted molar refractivity (Wildman–Crippen MR) is 129 cm³/mol. The molecule has 2 aliphatic rings. The van der Waals surface area contributed by atoms with E-state index >= 15 is 0 Å². The Kier molecular flexibility index (Phi) is 6.09. The lowest BCUT2D eigenvalue weighted by molar-refractivity contribution is -0.121. The number of carbonyl (C=O) groups excluding carboxylic acids is 1. The van der Waals surface area contributed by atoms with Gasteiger partial charge >= 0.3 is 0 Å². The number of aliphatic hydroxyl groups is 1. The summed E-state index contributed by atoms with van der Waals surface area (Å²) in [5, 5.41) is 14.2. The van der Waals surface area contributed by atoms with Crippen molar-refractivity contribution in [3.8, 4) is 0 Å². The zero-order valence-corrected chi connectivity index (χ0v) is 18.9. The first kappa shape index (κ1) is 21.6.